The summed E-state index contributed by atoms with van der Waals surface area (Å²) in [7, 11) is -3.37. The molecule has 1 aliphatic rings. The predicted octanol–water partition coefficient (Wildman–Crippen LogP) is 3.83. The van der Waals surface area contributed by atoms with Crippen LogP contribution in [0, 0.1) is 11.3 Å². The van der Waals surface area contributed by atoms with Gasteiger partial charge in [-0.05, 0) is 36.8 Å². The molecule has 1 aromatic heterocycles. The number of sulfone groups is 1. The number of fused-ring (bicyclic) bond motifs is 1. The Morgan fingerprint density at radius 2 is 1.89 bits per heavy atom. The van der Waals surface area contributed by atoms with E-state index in [1.54, 1.807) is 24.3 Å². The van der Waals surface area contributed by atoms with Crippen molar-refractivity contribution in [3.8, 4) is 6.07 Å². The number of aryl methyl sites for hydroxylation is 1. The minimum absolute atomic E-state index is 0.0716. The molecule has 0 saturated heterocycles. The Balaban J connectivity index is 1.62. The summed E-state index contributed by atoms with van der Waals surface area (Å²) in [6.07, 6.45) is 5.02. The van der Waals surface area contributed by atoms with E-state index in [-0.39, 0.29) is 23.8 Å². The predicted molar refractivity (Wildman–Crippen MR) is 107 cm³/mol. The van der Waals surface area contributed by atoms with Gasteiger partial charge in [-0.2, -0.15) is 5.26 Å². The third kappa shape index (κ3) is 5.18. The third-order valence-corrected chi connectivity index (χ3v) is 7.46. The van der Waals surface area contributed by atoms with Crippen molar-refractivity contribution in [2.45, 2.75) is 44.3 Å². The van der Waals surface area contributed by atoms with Crippen molar-refractivity contribution in [2.75, 3.05) is 11.1 Å². The number of benzene rings is 1. The number of anilines is 1. The molecular formula is C20H22N2O3S2. The summed E-state index contributed by atoms with van der Waals surface area (Å²) in [5, 5.41) is 12.8. The van der Waals surface area contributed by atoms with Crippen molar-refractivity contribution in [3.05, 3.63) is 51.9 Å². The highest BCUT2D eigenvalue weighted by Gasteiger charge is 2.21. The zero-order valence-electron chi connectivity index (χ0n) is 15.0. The van der Waals surface area contributed by atoms with Gasteiger partial charge in [-0.1, -0.05) is 36.8 Å². The van der Waals surface area contributed by atoms with Gasteiger partial charge in [0.15, 0.2) is 9.84 Å². The Hall–Kier alpha value is -2.17. The second-order valence-corrected chi connectivity index (χ2v) is 10.0. The lowest BCUT2D eigenvalue weighted by molar-refractivity contribution is -0.115. The van der Waals surface area contributed by atoms with Crippen LogP contribution in [0.25, 0.3) is 0 Å². The lowest BCUT2D eigenvalue weighted by atomic mass is 10.1. The Morgan fingerprint density at radius 3 is 2.63 bits per heavy atom. The summed E-state index contributed by atoms with van der Waals surface area (Å²) < 4.78 is 24.5. The number of carbonyl (C=O) groups is 1. The smallest absolute Gasteiger partial charge is 0.226 e. The first-order chi connectivity index (χ1) is 13.0. The molecule has 3 rings (SSSR count). The van der Waals surface area contributed by atoms with E-state index in [1.807, 2.05) is 6.07 Å². The molecule has 1 aromatic carbocycles. The van der Waals surface area contributed by atoms with Gasteiger partial charge in [-0.3, -0.25) is 4.79 Å². The van der Waals surface area contributed by atoms with Crippen LogP contribution in [0.3, 0.4) is 0 Å². The third-order valence-electron chi connectivity index (χ3n) is 4.66. The molecule has 1 N–H and O–H groups in total. The summed E-state index contributed by atoms with van der Waals surface area (Å²) in [6, 6.07) is 11.2. The molecule has 0 bridgehead atoms. The normalized spacial score (nSPS) is 14.0. The molecule has 0 radical (unpaired) electrons. The summed E-state index contributed by atoms with van der Waals surface area (Å²) >= 11 is 1.46. The molecule has 1 amide bonds. The number of hydrogen-bond acceptors (Lipinski definition) is 5. The number of carbonyl (C=O) groups excluding carboxylic acids is 1. The summed E-state index contributed by atoms with van der Waals surface area (Å²) in [4.78, 5) is 13.5. The van der Waals surface area contributed by atoms with Crippen molar-refractivity contribution in [1.82, 2.24) is 0 Å². The van der Waals surface area contributed by atoms with Crippen LogP contribution in [-0.2, 0) is 33.2 Å². The van der Waals surface area contributed by atoms with Crippen molar-refractivity contribution in [2.24, 2.45) is 0 Å². The second kappa shape index (κ2) is 8.68. The molecule has 7 heteroatoms. The SMILES string of the molecule is N#Cc1c(NC(=O)CCS(=O)(=O)Cc2ccccc2)sc2c1CCCCC2. The van der Waals surface area contributed by atoms with Crippen molar-refractivity contribution in [3.63, 3.8) is 0 Å². The number of hydrogen-bond donors (Lipinski definition) is 1. The zero-order chi connectivity index (χ0) is 19.3. The number of thiophene rings is 1. The molecule has 0 fully saturated rings. The maximum Gasteiger partial charge on any atom is 0.226 e. The van der Waals surface area contributed by atoms with Crippen LogP contribution < -0.4 is 5.32 Å². The first-order valence-corrected chi connectivity index (χ1v) is 11.7. The van der Waals surface area contributed by atoms with Gasteiger partial charge in [0.2, 0.25) is 5.91 Å². The van der Waals surface area contributed by atoms with Gasteiger partial charge in [0, 0.05) is 11.3 Å². The largest absolute Gasteiger partial charge is 0.317 e. The highest BCUT2D eigenvalue weighted by atomic mass is 32.2. The van der Waals surface area contributed by atoms with Gasteiger partial charge < -0.3 is 5.32 Å². The van der Waals surface area contributed by atoms with Gasteiger partial charge in [-0.25, -0.2) is 8.42 Å². The molecular weight excluding hydrogens is 380 g/mol. The Labute approximate surface area is 164 Å². The van der Waals surface area contributed by atoms with Crippen molar-refractivity contribution < 1.29 is 13.2 Å². The average molecular weight is 403 g/mol. The van der Waals surface area contributed by atoms with E-state index in [4.69, 9.17) is 0 Å². The van der Waals surface area contributed by atoms with E-state index in [0.717, 1.165) is 37.7 Å². The average Bonchev–Trinajstić information content (AvgIpc) is 2.80. The lowest BCUT2D eigenvalue weighted by Gasteiger charge is -2.06. The van der Waals surface area contributed by atoms with Crippen LogP contribution in [-0.4, -0.2) is 20.1 Å². The Bertz CT molecular complexity index is 957. The second-order valence-electron chi connectivity index (χ2n) is 6.76. The molecule has 142 valence electrons. The molecule has 0 saturated carbocycles. The van der Waals surface area contributed by atoms with Gasteiger partial charge in [0.25, 0.3) is 0 Å². The molecule has 2 aromatic rings. The topological polar surface area (TPSA) is 87.0 Å². The van der Waals surface area contributed by atoms with E-state index < -0.39 is 9.84 Å². The quantitative estimate of drug-likeness (QED) is 0.744. The number of rotatable bonds is 6. The standard InChI is InChI=1S/C20H22N2O3S2/c21-13-17-16-9-5-2-6-10-18(16)26-20(17)22-19(23)11-12-27(24,25)14-15-7-3-1-4-8-15/h1,3-4,7-8H,2,5-6,9-12,14H2,(H,22,23). The Kier molecular flexibility index (Phi) is 6.30. The lowest BCUT2D eigenvalue weighted by Crippen LogP contribution is -2.18. The molecule has 5 nitrogen and oxygen atoms in total. The monoisotopic (exact) mass is 402 g/mol. The maximum atomic E-state index is 12.3. The Morgan fingerprint density at radius 1 is 1.15 bits per heavy atom. The van der Waals surface area contributed by atoms with Gasteiger partial charge in [-0.15, -0.1) is 11.3 Å². The fourth-order valence-electron chi connectivity index (χ4n) is 3.29. The molecule has 0 unspecified atom stereocenters. The van der Waals surface area contributed by atoms with Crippen LogP contribution in [0.5, 0.6) is 0 Å². The van der Waals surface area contributed by atoms with Crippen LogP contribution in [0.4, 0.5) is 5.00 Å². The highest BCUT2D eigenvalue weighted by Crippen LogP contribution is 2.37. The van der Waals surface area contributed by atoms with Crippen LogP contribution in [0.1, 0.15) is 47.3 Å². The summed E-state index contributed by atoms with van der Waals surface area (Å²) in [5.74, 6) is -0.641. The number of nitrogens with zero attached hydrogens (tertiary/aromatic N) is 1. The van der Waals surface area contributed by atoms with Crippen LogP contribution >= 0.6 is 11.3 Å². The van der Waals surface area contributed by atoms with E-state index in [9.17, 15) is 18.5 Å². The molecule has 0 aliphatic heterocycles. The van der Waals surface area contributed by atoms with E-state index >= 15 is 0 Å². The van der Waals surface area contributed by atoms with E-state index in [2.05, 4.69) is 11.4 Å². The number of amides is 1. The minimum Gasteiger partial charge on any atom is -0.317 e. The first-order valence-electron chi connectivity index (χ1n) is 9.07. The molecule has 27 heavy (non-hydrogen) atoms. The van der Waals surface area contributed by atoms with Crippen LogP contribution in [0.15, 0.2) is 30.3 Å². The van der Waals surface area contributed by atoms with Gasteiger partial charge in [0.1, 0.15) is 11.1 Å². The van der Waals surface area contributed by atoms with Crippen LogP contribution in [0.2, 0.25) is 0 Å². The molecule has 1 heterocycles. The number of nitrogens with one attached hydrogen (secondary N) is 1. The molecule has 1 aliphatic carbocycles. The van der Waals surface area contributed by atoms with Gasteiger partial charge >= 0.3 is 0 Å². The zero-order valence-corrected chi connectivity index (χ0v) is 16.7. The molecule has 0 spiro atoms. The number of nitriles is 1. The van der Waals surface area contributed by atoms with Gasteiger partial charge in [0.05, 0.1) is 17.1 Å². The van der Waals surface area contributed by atoms with Crippen molar-refractivity contribution in [1.29, 1.82) is 5.26 Å². The summed E-state index contributed by atoms with van der Waals surface area (Å²) in [6.45, 7) is 0. The van der Waals surface area contributed by atoms with Crippen molar-refractivity contribution >= 4 is 32.1 Å². The summed E-state index contributed by atoms with van der Waals surface area (Å²) in [5.41, 5.74) is 2.33. The van der Waals surface area contributed by atoms with E-state index in [1.165, 1.54) is 16.2 Å². The highest BCUT2D eigenvalue weighted by molar-refractivity contribution is 7.90. The fraction of sp³-hybridized carbons (Fsp3) is 0.400. The molecule has 0 atom stereocenters. The van der Waals surface area contributed by atoms with E-state index in [0.29, 0.717) is 16.1 Å². The maximum absolute atomic E-state index is 12.3. The first kappa shape index (κ1) is 19.6. The fourth-order valence-corrected chi connectivity index (χ4v) is 5.88. The minimum atomic E-state index is -3.37.